The zero-order valence-corrected chi connectivity index (χ0v) is 41.7. The number of esters is 3. The van der Waals surface area contributed by atoms with Gasteiger partial charge in [0.25, 0.3) is 0 Å². The maximum atomic E-state index is 13.2. The van der Waals surface area contributed by atoms with Crippen molar-refractivity contribution >= 4 is 17.9 Å². The highest BCUT2D eigenvalue weighted by Gasteiger charge is 2.47. The van der Waals surface area contributed by atoms with Crippen LogP contribution in [-0.2, 0) is 33.3 Å². The van der Waals surface area contributed by atoms with Crippen LogP contribution in [0.1, 0.15) is 273 Å². The molecule has 1 rings (SSSR count). The first-order valence-corrected chi connectivity index (χ1v) is 26.8. The van der Waals surface area contributed by atoms with Gasteiger partial charge in [-0.15, -0.1) is 0 Å². The van der Waals surface area contributed by atoms with Gasteiger partial charge in [0.15, 0.2) is 18.3 Å². The van der Waals surface area contributed by atoms with E-state index >= 15 is 0 Å². The van der Waals surface area contributed by atoms with Gasteiger partial charge in [-0.05, 0) is 37.0 Å². The highest BCUT2D eigenvalue weighted by Crippen LogP contribution is 2.27. The second kappa shape index (κ2) is 40.8. The predicted octanol–water partition coefficient (Wildman–Crippen LogP) is 15.1. The minimum Gasteiger partial charge on any atom is -0.457 e. The molecule has 0 amide bonds. The first kappa shape index (κ1) is 58.3. The van der Waals surface area contributed by atoms with Gasteiger partial charge >= 0.3 is 17.9 Å². The van der Waals surface area contributed by atoms with Crippen molar-refractivity contribution in [1.29, 1.82) is 0 Å². The smallest absolute Gasteiger partial charge is 0.306 e. The molecule has 1 aliphatic rings. The molecular formula is C54H102O8. The Hall–Kier alpha value is -1.67. The summed E-state index contributed by atoms with van der Waals surface area (Å²) in [7, 11) is 0. The molecule has 0 aliphatic carbocycles. The van der Waals surface area contributed by atoms with Crippen molar-refractivity contribution < 1.29 is 38.4 Å². The number of rotatable bonds is 44. The van der Waals surface area contributed by atoms with E-state index < -0.39 is 37.0 Å². The van der Waals surface area contributed by atoms with Crippen molar-refractivity contribution in [2.24, 2.45) is 17.8 Å². The molecule has 1 N–H and O–H groups in total. The molecule has 0 bridgehead atoms. The van der Waals surface area contributed by atoms with Gasteiger partial charge < -0.3 is 24.1 Å². The number of hydrogen-bond donors (Lipinski definition) is 1. The summed E-state index contributed by atoms with van der Waals surface area (Å²) in [6, 6.07) is 0. The van der Waals surface area contributed by atoms with Crippen LogP contribution in [0.4, 0.5) is 0 Å². The molecule has 366 valence electrons. The van der Waals surface area contributed by atoms with Crippen LogP contribution in [0.5, 0.6) is 0 Å². The number of aliphatic hydroxyl groups is 1. The maximum absolute atomic E-state index is 13.2. The second-order valence-electron chi connectivity index (χ2n) is 20.4. The average molecular weight is 879 g/mol. The summed E-state index contributed by atoms with van der Waals surface area (Å²) in [5.41, 5.74) is 0. The highest BCUT2D eigenvalue weighted by atomic mass is 16.6. The third-order valence-electron chi connectivity index (χ3n) is 12.8. The zero-order valence-electron chi connectivity index (χ0n) is 41.7. The molecule has 0 aromatic heterocycles. The number of hydrogen-bond acceptors (Lipinski definition) is 8. The number of carbonyl (C=O) groups excluding carboxylic acids is 3. The van der Waals surface area contributed by atoms with Gasteiger partial charge in [0.2, 0.25) is 0 Å². The molecule has 0 radical (unpaired) electrons. The fourth-order valence-corrected chi connectivity index (χ4v) is 8.75. The van der Waals surface area contributed by atoms with E-state index in [0.717, 1.165) is 75.5 Å². The van der Waals surface area contributed by atoms with Crippen molar-refractivity contribution in [1.82, 2.24) is 0 Å². The van der Waals surface area contributed by atoms with Gasteiger partial charge in [0.05, 0.1) is 13.2 Å². The van der Waals surface area contributed by atoms with Crippen LogP contribution in [0.2, 0.25) is 0 Å². The Bertz CT molecular complexity index is 1040. The minimum absolute atomic E-state index is 0.0234. The monoisotopic (exact) mass is 879 g/mol. The van der Waals surface area contributed by atoms with Crippen molar-refractivity contribution in [3.8, 4) is 0 Å². The third-order valence-corrected chi connectivity index (χ3v) is 12.8. The van der Waals surface area contributed by atoms with Gasteiger partial charge in [-0.1, -0.05) is 234 Å². The first-order valence-electron chi connectivity index (χ1n) is 26.8. The summed E-state index contributed by atoms with van der Waals surface area (Å²) in [6.45, 7) is 13.3. The van der Waals surface area contributed by atoms with Crippen molar-refractivity contribution in [2.75, 3.05) is 13.2 Å². The number of ether oxygens (including phenoxy) is 4. The van der Waals surface area contributed by atoms with E-state index in [-0.39, 0.29) is 31.4 Å². The summed E-state index contributed by atoms with van der Waals surface area (Å²) < 4.78 is 23.6. The fraction of sp³-hybridized carbons (Fsp3) is 0.944. The minimum atomic E-state index is -1.01. The second-order valence-corrected chi connectivity index (χ2v) is 20.4. The molecular weight excluding hydrogens is 777 g/mol. The van der Waals surface area contributed by atoms with Crippen LogP contribution in [0.3, 0.4) is 0 Å². The molecule has 1 fully saturated rings. The van der Waals surface area contributed by atoms with E-state index in [4.69, 9.17) is 18.9 Å². The predicted molar refractivity (Wildman–Crippen MR) is 257 cm³/mol. The van der Waals surface area contributed by atoms with E-state index in [1.165, 1.54) is 154 Å². The Morgan fingerprint density at radius 1 is 0.435 bits per heavy atom. The average Bonchev–Trinajstić information content (AvgIpc) is 3.61. The molecule has 0 spiro atoms. The van der Waals surface area contributed by atoms with E-state index in [0.29, 0.717) is 6.42 Å². The molecule has 1 aliphatic heterocycles. The van der Waals surface area contributed by atoms with E-state index in [2.05, 4.69) is 41.5 Å². The summed E-state index contributed by atoms with van der Waals surface area (Å²) in [6.07, 6.45) is 36.7. The number of aliphatic hydroxyl groups excluding tert-OH is 1. The van der Waals surface area contributed by atoms with E-state index in [1.54, 1.807) is 0 Å². The molecule has 0 unspecified atom stereocenters. The Labute approximate surface area is 383 Å². The molecule has 0 saturated carbocycles. The number of carbonyl (C=O) groups is 3. The van der Waals surface area contributed by atoms with Gasteiger partial charge in [-0.3, -0.25) is 14.4 Å². The first-order chi connectivity index (χ1) is 30.0. The van der Waals surface area contributed by atoms with Crippen LogP contribution >= 0.6 is 0 Å². The summed E-state index contributed by atoms with van der Waals surface area (Å²) >= 11 is 0. The Morgan fingerprint density at radius 2 is 0.726 bits per heavy atom. The summed E-state index contributed by atoms with van der Waals surface area (Å²) in [5, 5.41) is 10.4. The van der Waals surface area contributed by atoms with Crippen molar-refractivity contribution in [3.63, 3.8) is 0 Å². The fourth-order valence-electron chi connectivity index (χ4n) is 8.75. The maximum Gasteiger partial charge on any atom is 0.306 e. The largest absolute Gasteiger partial charge is 0.457 e. The quantitative estimate of drug-likeness (QED) is 0.0366. The molecule has 0 aromatic rings. The van der Waals surface area contributed by atoms with Gasteiger partial charge in [-0.2, -0.15) is 0 Å². The third kappa shape index (κ3) is 34.7. The van der Waals surface area contributed by atoms with E-state index in [1.807, 2.05) is 0 Å². The molecule has 4 atom stereocenters. The lowest BCUT2D eigenvalue weighted by molar-refractivity contribution is -0.175. The normalized spacial score (nSPS) is 17.0. The van der Waals surface area contributed by atoms with Gasteiger partial charge in [0, 0.05) is 19.3 Å². The molecule has 8 nitrogen and oxygen atoms in total. The summed E-state index contributed by atoms with van der Waals surface area (Å²) in [5.74, 6) is 1.29. The van der Waals surface area contributed by atoms with Crippen LogP contribution < -0.4 is 0 Å². The lowest BCUT2D eigenvalue weighted by Gasteiger charge is -2.28. The van der Waals surface area contributed by atoms with Crippen LogP contribution in [0.15, 0.2) is 0 Å². The van der Waals surface area contributed by atoms with Gasteiger partial charge in [-0.25, -0.2) is 0 Å². The lowest BCUT2D eigenvalue weighted by Crippen LogP contribution is -2.46. The van der Waals surface area contributed by atoms with Crippen molar-refractivity contribution in [2.45, 2.75) is 297 Å². The molecule has 1 saturated heterocycles. The lowest BCUT2D eigenvalue weighted by atomic mass is 10.0. The molecule has 0 aromatic carbocycles. The highest BCUT2D eigenvalue weighted by molar-refractivity contribution is 5.71. The summed E-state index contributed by atoms with van der Waals surface area (Å²) in [4.78, 5) is 39.1. The molecule has 62 heavy (non-hydrogen) atoms. The molecule has 8 heteroatoms. The Morgan fingerprint density at radius 3 is 1.05 bits per heavy atom. The topological polar surface area (TPSA) is 108 Å². The van der Waals surface area contributed by atoms with Crippen LogP contribution in [-0.4, -0.2) is 60.6 Å². The molecule has 1 heterocycles. The zero-order chi connectivity index (χ0) is 45.5. The SMILES string of the molecule is CC(C)CCCCCCCCCCCCC(=O)O[C@H]1[C@@H]([C@@H](CO)OC(=O)CCCCCCCCCCCCC(C)C)OC[C@@H]1OC(=O)CCCCCCCCCCCCC(C)C. The van der Waals surface area contributed by atoms with Gasteiger partial charge in [0.1, 0.15) is 6.10 Å². The Kier molecular flexibility index (Phi) is 38.4. The van der Waals surface area contributed by atoms with E-state index in [9.17, 15) is 19.5 Å². The number of unbranched alkanes of at least 4 members (excludes halogenated alkanes) is 27. The standard InChI is InChI=1S/C54H102O8/c1-45(2)37-31-25-19-13-7-10-16-22-28-34-40-50(56)60-48(43-55)53-54(62-52(58)42-36-30-24-18-12-9-15-21-27-33-39-47(5)6)49(44-59-53)61-51(57)41-35-29-23-17-11-8-14-20-26-32-38-46(3)4/h45-49,53-55H,7-44H2,1-6H3/t48-,49+,53-,54-/m1/s1. The van der Waals surface area contributed by atoms with Crippen LogP contribution in [0.25, 0.3) is 0 Å². The Balaban J connectivity index is 2.51. The van der Waals surface area contributed by atoms with Crippen LogP contribution in [0, 0.1) is 17.8 Å². The van der Waals surface area contributed by atoms with Crippen molar-refractivity contribution in [3.05, 3.63) is 0 Å².